The highest BCUT2D eigenvalue weighted by molar-refractivity contribution is 6.10. The summed E-state index contributed by atoms with van der Waals surface area (Å²) in [5.74, 6) is 0. The Morgan fingerprint density at radius 1 is 0.600 bits per heavy atom. The second-order valence-corrected chi connectivity index (χ2v) is 14.1. The Balaban J connectivity index is 1.14. The van der Waals surface area contributed by atoms with Gasteiger partial charge in [0.05, 0.1) is 11.0 Å². The average molecular weight is 646 g/mol. The number of para-hydroxylation sites is 1. The van der Waals surface area contributed by atoms with E-state index in [1.165, 1.54) is 73.7 Å². The molecule has 3 aromatic heterocycles. The molecule has 3 heteroatoms. The number of benzene rings is 4. The van der Waals surface area contributed by atoms with Crippen molar-refractivity contribution in [3.05, 3.63) is 162 Å². The van der Waals surface area contributed by atoms with Gasteiger partial charge >= 0.3 is 0 Å². The van der Waals surface area contributed by atoms with E-state index in [9.17, 15) is 0 Å². The van der Waals surface area contributed by atoms with Crippen LogP contribution in [0.5, 0.6) is 0 Å². The third kappa shape index (κ3) is 4.83. The highest BCUT2D eigenvalue weighted by atomic mass is 15.0. The number of rotatable bonds is 5. The topological polar surface area (TPSA) is 22.8 Å². The number of pyridine rings is 1. The van der Waals surface area contributed by atoms with Gasteiger partial charge in [0.2, 0.25) is 0 Å². The van der Waals surface area contributed by atoms with Crippen LogP contribution in [0.1, 0.15) is 66.2 Å². The monoisotopic (exact) mass is 645 g/mol. The van der Waals surface area contributed by atoms with Gasteiger partial charge in [-0.05, 0) is 144 Å². The minimum absolute atomic E-state index is 0.559. The number of hydrogen-bond acceptors (Lipinski definition) is 1. The zero-order valence-electron chi connectivity index (χ0n) is 28.2. The molecule has 0 N–H and O–H groups in total. The zero-order chi connectivity index (χ0) is 33.0. The van der Waals surface area contributed by atoms with E-state index in [1.807, 2.05) is 12.4 Å². The lowest BCUT2D eigenvalue weighted by atomic mass is 9.88. The predicted molar refractivity (Wildman–Crippen MR) is 209 cm³/mol. The Labute approximate surface area is 293 Å². The lowest BCUT2D eigenvalue weighted by molar-refractivity contribution is 0.445. The van der Waals surface area contributed by atoms with Crippen LogP contribution >= 0.6 is 0 Å². The Bertz CT molecular complexity index is 2450. The Morgan fingerprint density at radius 3 is 2.24 bits per heavy atom. The summed E-state index contributed by atoms with van der Waals surface area (Å²) < 4.78 is 5.21. The van der Waals surface area contributed by atoms with Crippen LogP contribution in [0, 0.1) is 0 Å². The molecule has 50 heavy (non-hydrogen) atoms. The molecule has 3 heterocycles. The SMILES string of the molecule is C1=Cc2c3c(n(C4CC=CCC4)c2CC1)C=C(c1ccc2c(c1)c1ccccc1n2-c1cc(-c2ccccc2)cc(-c2ccncc2)c1)CC3. The largest absolute Gasteiger partial charge is 0.341 e. The molecule has 0 bridgehead atoms. The zero-order valence-corrected chi connectivity index (χ0v) is 28.2. The maximum Gasteiger partial charge on any atom is 0.0541 e. The normalized spacial score (nSPS) is 16.8. The number of nitrogens with zero attached hydrogens (tertiary/aromatic N) is 3. The van der Waals surface area contributed by atoms with Gasteiger partial charge in [-0.2, -0.15) is 0 Å². The molecule has 0 radical (unpaired) electrons. The fraction of sp³-hybridized carbons (Fsp3) is 0.170. The van der Waals surface area contributed by atoms with Crippen LogP contribution in [0.25, 0.3) is 67.5 Å². The highest BCUT2D eigenvalue weighted by Crippen LogP contribution is 2.43. The fourth-order valence-corrected chi connectivity index (χ4v) is 8.88. The molecule has 0 aliphatic heterocycles. The lowest BCUT2D eigenvalue weighted by Crippen LogP contribution is -2.16. The van der Waals surface area contributed by atoms with Gasteiger partial charge in [-0.1, -0.05) is 78.9 Å². The second-order valence-electron chi connectivity index (χ2n) is 14.1. The number of hydrogen-bond donors (Lipinski definition) is 0. The van der Waals surface area contributed by atoms with E-state index in [0.29, 0.717) is 6.04 Å². The van der Waals surface area contributed by atoms with E-state index in [1.54, 1.807) is 11.3 Å². The van der Waals surface area contributed by atoms with Crippen molar-refractivity contribution in [3.63, 3.8) is 0 Å². The van der Waals surface area contributed by atoms with Gasteiger partial charge in [-0.3, -0.25) is 4.98 Å². The first-order chi connectivity index (χ1) is 24.8. The molecular formula is C47H39N3. The van der Waals surface area contributed by atoms with Crippen molar-refractivity contribution in [3.8, 4) is 27.9 Å². The van der Waals surface area contributed by atoms with Crippen molar-refractivity contribution in [2.24, 2.45) is 0 Å². The van der Waals surface area contributed by atoms with E-state index >= 15 is 0 Å². The van der Waals surface area contributed by atoms with Crippen LogP contribution in [-0.2, 0) is 12.8 Å². The van der Waals surface area contributed by atoms with Gasteiger partial charge in [0.15, 0.2) is 0 Å². The smallest absolute Gasteiger partial charge is 0.0541 e. The molecule has 4 aromatic carbocycles. The van der Waals surface area contributed by atoms with Gasteiger partial charge in [-0.15, -0.1) is 0 Å². The summed E-state index contributed by atoms with van der Waals surface area (Å²) in [4.78, 5) is 4.29. The Kier molecular flexibility index (Phi) is 7.04. The van der Waals surface area contributed by atoms with Gasteiger partial charge in [0, 0.05) is 46.3 Å². The van der Waals surface area contributed by atoms with Crippen LogP contribution in [0.2, 0.25) is 0 Å². The molecule has 7 aromatic rings. The minimum Gasteiger partial charge on any atom is -0.341 e. The summed E-state index contributed by atoms with van der Waals surface area (Å²) in [7, 11) is 0. The molecule has 1 unspecified atom stereocenters. The van der Waals surface area contributed by atoms with E-state index in [4.69, 9.17) is 0 Å². The van der Waals surface area contributed by atoms with Gasteiger partial charge in [-0.25, -0.2) is 0 Å². The van der Waals surface area contributed by atoms with Crippen LogP contribution in [-0.4, -0.2) is 14.1 Å². The van der Waals surface area contributed by atoms with E-state index < -0.39 is 0 Å². The van der Waals surface area contributed by atoms with Crippen molar-refractivity contribution < 1.29 is 0 Å². The highest BCUT2D eigenvalue weighted by Gasteiger charge is 2.28. The molecule has 10 rings (SSSR count). The average Bonchev–Trinajstić information content (AvgIpc) is 3.71. The maximum absolute atomic E-state index is 4.29. The van der Waals surface area contributed by atoms with E-state index in [2.05, 4.69) is 148 Å². The van der Waals surface area contributed by atoms with Crippen molar-refractivity contribution in [1.82, 2.24) is 14.1 Å². The van der Waals surface area contributed by atoms with Crippen molar-refractivity contribution in [1.29, 1.82) is 0 Å². The second kappa shape index (κ2) is 12.0. The van der Waals surface area contributed by atoms with E-state index in [0.717, 1.165) is 43.4 Å². The maximum atomic E-state index is 4.29. The van der Waals surface area contributed by atoms with E-state index in [-0.39, 0.29) is 0 Å². The minimum atomic E-state index is 0.559. The van der Waals surface area contributed by atoms with Crippen molar-refractivity contribution in [2.45, 2.75) is 51.0 Å². The lowest BCUT2D eigenvalue weighted by Gasteiger charge is -2.26. The van der Waals surface area contributed by atoms with Crippen LogP contribution in [0.4, 0.5) is 0 Å². The number of aromatic nitrogens is 3. The van der Waals surface area contributed by atoms with Gasteiger partial charge in [0.25, 0.3) is 0 Å². The molecule has 0 amide bonds. The Morgan fingerprint density at radius 2 is 1.40 bits per heavy atom. The fourth-order valence-electron chi connectivity index (χ4n) is 8.88. The number of fused-ring (bicyclic) bond motifs is 6. The molecule has 3 nitrogen and oxygen atoms in total. The summed E-state index contributed by atoms with van der Waals surface area (Å²) in [5.41, 5.74) is 17.3. The number of allylic oxidation sites excluding steroid dienone is 4. The standard InChI is InChI=1S/C47H39N3/c1-3-11-32(12-4-1)36-27-37(33-23-25-48-26-24-33)29-39(28-36)50-45-18-10-8-16-41(45)43-30-34(20-22-46(43)50)35-19-21-42-40-15-7-9-17-44(40)49(47(42)31-35)38-13-5-2-6-14-38/h1-5,7-8,10-12,15-16,18,20,22-31,38H,6,9,13-14,17,19,21H2. The van der Waals surface area contributed by atoms with Crippen molar-refractivity contribution >= 4 is 39.5 Å². The first-order valence-electron chi connectivity index (χ1n) is 18.2. The Hall–Kier alpha value is -5.67. The molecule has 0 saturated carbocycles. The quantitative estimate of drug-likeness (QED) is 0.171. The van der Waals surface area contributed by atoms with Gasteiger partial charge in [0.1, 0.15) is 0 Å². The molecule has 3 aliphatic carbocycles. The summed E-state index contributed by atoms with van der Waals surface area (Å²) in [6, 6.07) is 38.6. The van der Waals surface area contributed by atoms with Crippen LogP contribution in [0.3, 0.4) is 0 Å². The summed E-state index contributed by atoms with van der Waals surface area (Å²) in [6.45, 7) is 0. The van der Waals surface area contributed by atoms with Gasteiger partial charge < -0.3 is 9.13 Å². The van der Waals surface area contributed by atoms with Crippen LogP contribution in [0.15, 0.2) is 134 Å². The summed E-state index contributed by atoms with van der Waals surface area (Å²) >= 11 is 0. The first-order valence-corrected chi connectivity index (χ1v) is 18.2. The molecular weight excluding hydrogens is 607 g/mol. The summed E-state index contributed by atoms with van der Waals surface area (Å²) in [6.07, 6.45) is 23.9. The predicted octanol–water partition coefficient (Wildman–Crippen LogP) is 12.0. The van der Waals surface area contributed by atoms with Crippen LogP contribution < -0.4 is 0 Å². The molecule has 0 fully saturated rings. The molecule has 0 spiro atoms. The summed E-state index contributed by atoms with van der Waals surface area (Å²) in [5, 5.41) is 2.59. The third-order valence-corrected chi connectivity index (χ3v) is 11.2. The van der Waals surface area contributed by atoms with Crippen molar-refractivity contribution in [2.75, 3.05) is 0 Å². The molecule has 242 valence electrons. The third-order valence-electron chi connectivity index (χ3n) is 11.2. The molecule has 3 aliphatic rings. The molecule has 1 atom stereocenters. The molecule has 0 saturated heterocycles. The first kappa shape index (κ1) is 29.3.